The largest absolute Gasteiger partial charge is 0.455 e. The van der Waals surface area contributed by atoms with E-state index in [-0.39, 0.29) is 63.6 Å². The van der Waals surface area contributed by atoms with Gasteiger partial charge in [-0.05, 0) is 207 Å². The Morgan fingerprint density at radius 3 is 1.39 bits per heavy atom. The fourth-order valence-corrected chi connectivity index (χ4v) is 20.7. The Morgan fingerprint density at radius 1 is 0.550 bits per heavy atom. The minimum atomic E-state index is -4.58. The molecule has 0 bridgehead atoms. The molecule has 26 nitrogen and oxygen atoms in total. The van der Waals surface area contributed by atoms with Crippen LogP contribution in [-0.2, 0) is 32.9 Å². The van der Waals surface area contributed by atoms with Gasteiger partial charge in [-0.3, -0.25) is 49.6 Å². The van der Waals surface area contributed by atoms with Gasteiger partial charge in [0.15, 0.2) is 0 Å². The summed E-state index contributed by atoms with van der Waals surface area (Å²) in [5.74, 6) is -0.616. The molecule has 0 unspecified atom stereocenters. The van der Waals surface area contributed by atoms with Crippen LogP contribution in [0.2, 0.25) is 10.0 Å². The molecule has 3 saturated carbocycles. The zero-order chi connectivity index (χ0) is 82.9. The Kier molecular flexibility index (Phi) is 21.6. The molecule has 0 atom stereocenters. The third kappa shape index (κ3) is 16.7. The predicted octanol–water partition coefficient (Wildman–Crippen LogP) is 18.3. The smallest absolute Gasteiger partial charge is 0.276 e. The van der Waals surface area contributed by atoms with E-state index < -0.39 is 51.5 Å². The maximum absolute atomic E-state index is 14.0. The topological polar surface area (TPSA) is 326 Å². The second-order valence-corrected chi connectivity index (χ2v) is 38.0. The third-order valence-corrected chi connectivity index (χ3v) is 28.9. The molecule has 6 aromatic carbocycles. The molecule has 0 radical (unpaired) electrons. The summed E-state index contributed by atoms with van der Waals surface area (Å²) in [6.07, 6.45) is 23.9. The van der Waals surface area contributed by atoms with Gasteiger partial charge in [0, 0.05) is 159 Å². The van der Waals surface area contributed by atoms with Crippen LogP contribution in [0.5, 0.6) is 23.0 Å². The Labute approximate surface area is 704 Å². The van der Waals surface area contributed by atoms with Gasteiger partial charge < -0.3 is 29.2 Å². The molecule has 30 heteroatoms. The van der Waals surface area contributed by atoms with E-state index in [1.54, 1.807) is 60.9 Å². The molecule has 9 aliphatic rings. The maximum Gasteiger partial charge on any atom is 0.276 e. The van der Waals surface area contributed by atoms with Gasteiger partial charge in [-0.25, -0.2) is 36.2 Å². The predicted molar refractivity (Wildman–Crippen MR) is 464 cm³/mol. The standard InChI is InChI=1S/C45H44ClN7O6S.C45H46ClN7O6S/c46-32-6-4-28(5-7-32)38-25-45(12-1-13-45)14-10-31(38)27-51-16-18-52(19-17-51)33-8-9-36(42(21-33)59-34-20-30-11-15-47-43(30)48-26-34)44(54)50-60(57,58)35-22-40-37(41(23-35)53(55)56)24-39(49-40)29-2-3-29;1-28(2)39-24-37-40(49-39)22-35(23-41(37)53(55)56)60(57,58)50-44(54)36-9-8-33(21-42(36)59-34-20-30-11-15-47-43(30)48-26-34)52-18-16-51(17-19-52)27-31-10-14-45(12-3-13-45)25-38(31)29-4-6-32(46)7-5-29/h4-9,11,15,20-23,26,29H,1-3,10,12-14,16-19,24-25,27H2,(H,47,48)(H,50,54);4-9,11,15,20-23,26,28H,3,10,12-14,16-19,24-25,27H2,1-2H3,(H,47,48)(H,50,54). The number of nitrogens with zero attached hydrogens (tertiary/aromatic N) is 10. The Morgan fingerprint density at radius 2 is 0.983 bits per heavy atom. The number of allylic oxidation sites excluding steroid dienone is 2. The summed E-state index contributed by atoms with van der Waals surface area (Å²) in [7, 11) is -9.15. The number of nitro groups is 2. The summed E-state index contributed by atoms with van der Waals surface area (Å²) in [6, 6.07) is 38.7. The molecule has 5 fully saturated rings. The summed E-state index contributed by atoms with van der Waals surface area (Å²) in [5.41, 5.74) is 14.4. The summed E-state index contributed by atoms with van der Waals surface area (Å²) in [5, 5.41) is 27.2. The molecular weight excluding hydrogens is 1600 g/mol. The van der Waals surface area contributed by atoms with Gasteiger partial charge in [0.25, 0.3) is 43.2 Å². The van der Waals surface area contributed by atoms with Crippen molar-refractivity contribution in [2.75, 3.05) is 75.2 Å². The number of aliphatic imine (C=N–C) groups is 2. The first-order valence-electron chi connectivity index (χ1n) is 41.1. The van der Waals surface area contributed by atoms with Crippen LogP contribution in [0, 0.1) is 42.9 Å². The number of hydrogen-bond acceptors (Lipinski definition) is 20. The molecule has 5 aliphatic carbocycles. The summed E-state index contributed by atoms with van der Waals surface area (Å²) >= 11 is 12.5. The minimum absolute atomic E-state index is 0.0166. The molecule has 4 N–H and O–H groups in total. The van der Waals surface area contributed by atoms with Crippen molar-refractivity contribution in [3.8, 4) is 23.0 Å². The van der Waals surface area contributed by atoms with Crippen molar-refractivity contribution in [2.45, 2.75) is 126 Å². The lowest BCUT2D eigenvalue weighted by atomic mass is 9.59. The van der Waals surface area contributed by atoms with Gasteiger partial charge in [0.05, 0.1) is 65.7 Å². The second-order valence-electron chi connectivity index (χ2n) is 33.8. The fourth-order valence-electron chi connectivity index (χ4n) is 18.5. The van der Waals surface area contributed by atoms with Crippen molar-refractivity contribution in [3.05, 3.63) is 233 Å². The highest BCUT2D eigenvalue weighted by atomic mass is 35.5. The van der Waals surface area contributed by atoms with Crippen molar-refractivity contribution >= 4 is 134 Å². The molecule has 19 rings (SSSR count). The van der Waals surface area contributed by atoms with Gasteiger partial charge in [-0.1, -0.05) is 85.3 Å². The van der Waals surface area contributed by atoms with Crippen LogP contribution in [0.15, 0.2) is 189 Å². The average Bonchev–Trinajstić information content (AvgIpc) is 1.17. The number of halogens is 2. The van der Waals surface area contributed by atoms with Crippen LogP contribution in [0.3, 0.4) is 0 Å². The lowest BCUT2D eigenvalue weighted by Gasteiger charge is -2.47. The summed E-state index contributed by atoms with van der Waals surface area (Å²) < 4.78 is 72.0. The number of sulfonamides is 2. The Hall–Kier alpha value is -11.1. The average molecular weight is 1690 g/mol. The van der Waals surface area contributed by atoms with E-state index >= 15 is 0 Å². The van der Waals surface area contributed by atoms with Crippen LogP contribution in [-0.4, -0.2) is 145 Å². The van der Waals surface area contributed by atoms with E-state index in [4.69, 9.17) is 32.7 Å². The Balaban J connectivity index is 0.000000165. The highest BCUT2D eigenvalue weighted by Gasteiger charge is 2.44. The molecule has 4 aromatic heterocycles. The molecule has 4 aliphatic heterocycles. The number of nitrogens with one attached hydrogen (secondary N) is 4. The number of nitro benzene ring substituents is 2. The lowest BCUT2D eigenvalue weighted by Crippen LogP contribution is -2.47. The highest BCUT2D eigenvalue weighted by molar-refractivity contribution is 7.90. The van der Waals surface area contributed by atoms with E-state index in [2.05, 4.69) is 83.2 Å². The van der Waals surface area contributed by atoms with E-state index in [1.165, 1.54) is 109 Å². The number of pyridine rings is 2. The lowest BCUT2D eigenvalue weighted by molar-refractivity contribution is -0.385. The number of ether oxygens (including phenoxy) is 2. The number of hydrogen-bond donors (Lipinski definition) is 4. The number of carbonyl (C=O) groups is 2. The van der Waals surface area contributed by atoms with Crippen molar-refractivity contribution in [3.63, 3.8) is 0 Å². The molecule has 8 heterocycles. The number of rotatable bonds is 22. The number of aromatic amines is 2. The number of piperazine rings is 2. The Bertz CT molecular complexity index is 5810. The van der Waals surface area contributed by atoms with E-state index in [0.29, 0.717) is 56.9 Å². The quantitative estimate of drug-likeness (QED) is 0.0362. The third-order valence-electron chi connectivity index (χ3n) is 25.8. The van der Waals surface area contributed by atoms with Crippen LogP contribution in [0.1, 0.15) is 147 Å². The van der Waals surface area contributed by atoms with Gasteiger partial charge in [-0.2, -0.15) is 0 Å². The number of benzene rings is 6. The van der Waals surface area contributed by atoms with Gasteiger partial charge in [0.2, 0.25) is 0 Å². The minimum Gasteiger partial charge on any atom is -0.455 e. The number of H-pyrrole nitrogens is 2. The van der Waals surface area contributed by atoms with E-state index in [0.717, 1.165) is 154 Å². The molecule has 2 amide bonds. The van der Waals surface area contributed by atoms with Crippen molar-refractivity contribution in [1.29, 1.82) is 0 Å². The number of carbonyl (C=O) groups excluding carboxylic acids is 2. The normalized spacial score (nSPS) is 18.4. The highest BCUT2D eigenvalue weighted by Crippen LogP contribution is 2.57. The number of fused-ring (bicyclic) bond motifs is 4. The van der Waals surface area contributed by atoms with Crippen molar-refractivity contribution in [2.24, 2.45) is 32.7 Å². The van der Waals surface area contributed by atoms with Crippen LogP contribution in [0.4, 0.5) is 34.1 Å². The van der Waals surface area contributed by atoms with E-state index in [9.17, 15) is 46.7 Å². The SMILES string of the molecule is CC(C)C1=Nc2cc(S(=O)(=O)NC(=O)c3ccc(N4CCN(CC5=C(c6ccc(Cl)cc6)CC6(CCC6)CC5)CC4)cc3Oc3cnc4[nH]ccc4c3)cc([N+](=O)[O-])c2C1.O=C(NS(=O)(=O)c1cc2c(c([N+](=O)[O-])c1)CC(C1CC1)=N2)c1ccc(N2CCN(CC3=C(c4ccc(Cl)cc4)CC4(CCC4)CC3)CC2)cc1Oc1cnc2[nH]ccc2c1. The molecule has 2 saturated heterocycles. The first-order valence-corrected chi connectivity index (χ1v) is 44.8. The molecule has 10 aromatic rings. The van der Waals surface area contributed by atoms with Crippen LogP contribution >= 0.6 is 23.2 Å². The first-order chi connectivity index (χ1) is 57.8. The summed E-state index contributed by atoms with van der Waals surface area (Å²) in [6.45, 7) is 12.0. The number of anilines is 2. The van der Waals surface area contributed by atoms with Crippen molar-refractivity contribution < 1.29 is 45.7 Å². The zero-order valence-corrected chi connectivity index (χ0v) is 69.6. The fraction of sp³-hybridized carbons (Fsp3) is 0.356. The van der Waals surface area contributed by atoms with Crippen molar-refractivity contribution in [1.82, 2.24) is 39.2 Å². The maximum atomic E-state index is 14.0. The summed E-state index contributed by atoms with van der Waals surface area (Å²) in [4.78, 5) is 83.5. The van der Waals surface area contributed by atoms with E-state index in [1.807, 2.05) is 50.2 Å². The monoisotopic (exact) mass is 1690 g/mol. The molecule has 618 valence electrons. The molecule has 120 heavy (non-hydrogen) atoms. The molecule has 2 spiro atoms. The zero-order valence-electron chi connectivity index (χ0n) is 66.5. The van der Waals surface area contributed by atoms with Gasteiger partial charge in [0.1, 0.15) is 34.3 Å². The first kappa shape index (κ1) is 79.9. The van der Waals surface area contributed by atoms with Gasteiger partial charge in [-0.15, -0.1) is 0 Å². The molecular formula is C90H90Cl2N14O12S2. The number of amides is 2. The second kappa shape index (κ2) is 32.4. The number of aromatic nitrogens is 4. The van der Waals surface area contributed by atoms with Crippen LogP contribution in [0.25, 0.3) is 33.2 Å². The van der Waals surface area contributed by atoms with Crippen LogP contribution < -0.4 is 28.7 Å². The van der Waals surface area contributed by atoms with Gasteiger partial charge >= 0.3 is 0 Å².